The predicted octanol–water partition coefficient (Wildman–Crippen LogP) is 5.01. The number of fused-ring (bicyclic) bond motifs is 7. The summed E-state index contributed by atoms with van der Waals surface area (Å²) in [4.78, 5) is 22.3. The normalized spacial score (nSPS) is 12.4. The largest absolute Gasteiger partial charge is 0.457 e. The van der Waals surface area contributed by atoms with E-state index in [2.05, 4.69) is 0 Å². The van der Waals surface area contributed by atoms with Crippen molar-refractivity contribution in [3.8, 4) is 22.6 Å². The van der Waals surface area contributed by atoms with Crippen molar-refractivity contribution in [2.24, 2.45) is 0 Å². The van der Waals surface area contributed by atoms with Crippen LogP contribution in [0.2, 0.25) is 0 Å². The Balaban J connectivity index is 1.92. The van der Waals surface area contributed by atoms with E-state index < -0.39 is 0 Å². The molecule has 0 fully saturated rings. The molecule has 0 aromatic heterocycles. The van der Waals surface area contributed by atoms with Gasteiger partial charge in [-0.15, -0.1) is 0 Å². The highest BCUT2D eigenvalue weighted by Crippen LogP contribution is 2.46. The molecule has 1 aliphatic rings. The maximum Gasteiger partial charge on any atom is 0.230 e. The Hall–Kier alpha value is -3.66. The van der Waals surface area contributed by atoms with E-state index >= 15 is 0 Å². The third-order valence-corrected chi connectivity index (χ3v) is 4.96. The molecule has 0 spiro atoms. The van der Waals surface area contributed by atoms with E-state index in [4.69, 9.17) is 9.47 Å². The van der Waals surface area contributed by atoms with Gasteiger partial charge in [0.15, 0.2) is 0 Å². The van der Waals surface area contributed by atoms with Gasteiger partial charge in [-0.1, -0.05) is 36.4 Å². The van der Waals surface area contributed by atoms with Crippen LogP contribution in [0, 0.1) is 0 Å². The van der Waals surface area contributed by atoms with Crippen molar-refractivity contribution in [3.63, 3.8) is 0 Å². The SMILES string of the molecule is O=Cc1ccc2c3c(ccc2c1)OCOc1ccc2cc(C=O)ccc2c1-3. The second-order valence-electron chi connectivity index (χ2n) is 6.48. The zero-order valence-electron chi connectivity index (χ0n) is 14.3. The maximum absolute atomic E-state index is 11.2. The van der Waals surface area contributed by atoms with Gasteiger partial charge in [-0.05, 0) is 45.8 Å². The first-order valence-electron chi connectivity index (χ1n) is 8.58. The Morgan fingerprint density at radius 2 is 1.11 bits per heavy atom. The van der Waals surface area contributed by atoms with Crippen LogP contribution in [0.15, 0.2) is 60.7 Å². The Morgan fingerprint density at radius 1 is 0.630 bits per heavy atom. The summed E-state index contributed by atoms with van der Waals surface area (Å²) in [7, 11) is 0. The number of carbonyl (C=O) groups is 2. The molecule has 0 aliphatic carbocycles. The van der Waals surface area contributed by atoms with Crippen molar-refractivity contribution in [2.75, 3.05) is 6.79 Å². The van der Waals surface area contributed by atoms with Crippen LogP contribution < -0.4 is 9.47 Å². The van der Waals surface area contributed by atoms with E-state index in [0.717, 1.165) is 56.7 Å². The monoisotopic (exact) mass is 354 g/mol. The molecule has 1 heterocycles. The molecule has 1 aliphatic heterocycles. The van der Waals surface area contributed by atoms with Gasteiger partial charge < -0.3 is 9.47 Å². The Kier molecular flexibility index (Phi) is 3.44. The minimum atomic E-state index is 0.121. The quantitative estimate of drug-likeness (QED) is 0.475. The molecule has 5 rings (SSSR count). The number of hydrogen-bond acceptors (Lipinski definition) is 4. The van der Waals surface area contributed by atoms with Gasteiger partial charge in [-0.2, -0.15) is 0 Å². The molecule has 0 saturated heterocycles. The lowest BCUT2D eigenvalue weighted by Crippen LogP contribution is -2.03. The van der Waals surface area contributed by atoms with E-state index in [0.29, 0.717) is 11.1 Å². The van der Waals surface area contributed by atoms with Gasteiger partial charge in [0.25, 0.3) is 0 Å². The summed E-state index contributed by atoms with van der Waals surface area (Å²) in [6, 6.07) is 18.9. The van der Waals surface area contributed by atoms with Crippen molar-refractivity contribution in [2.45, 2.75) is 0 Å². The molecule has 4 heteroatoms. The van der Waals surface area contributed by atoms with E-state index in [1.54, 1.807) is 12.1 Å². The number of benzene rings is 4. The molecule has 0 unspecified atom stereocenters. The average molecular weight is 354 g/mol. The molecule has 0 atom stereocenters. The van der Waals surface area contributed by atoms with E-state index in [1.165, 1.54) is 0 Å². The number of ether oxygens (including phenoxy) is 2. The molecule has 4 aromatic rings. The van der Waals surface area contributed by atoms with Crippen LogP contribution in [-0.4, -0.2) is 19.4 Å². The van der Waals surface area contributed by atoms with Gasteiger partial charge in [0, 0.05) is 22.3 Å². The topological polar surface area (TPSA) is 52.6 Å². The smallest absolute Gasteiger partial charge is 0.230 e. The van der Waals surface area contributed by atoms with Gasteiger partial charge in [-0.3, -0.25) is 9.59 Å². The standard InChI is InChI=1S/C23H14O4/c24-11-14-1-5-18-16(9-14)3-7-20-22(18)23-19-6-2-15(12-25)10-17(19)4-8-21(23)27-13-26-20/h1-12H,13H2. The minimum absolute atomic E-state index is 0.121. The molecule has 130 valence electrons. The van der Waals surface area contributed by atoms with Crippen LogP contribution in [0.5, 0.6) is 11.5 Å². The fourth-order valence-corrected chi connectivity index (χ4v) is 3.72. The van der Waals surface area contributed by atoms with E-state index in [9.17, 15) is 9.59 Å². The van der Waals surface area contributed by atoms with E-state index in [1.807, 2.05) is 48.5 Å². The summed E-state index contributed by atoms with van der Waals surface area (Å²) in [5.41, 5.74) is 3.12. The first kappa shape index (κ1) is 15.6. The van der Waals surface area contributed by atoms with Crippen molar-refractivity contribution in [1.82, 2.24) is 0 Å². The molecule has 4 nitrogen and oxygen atoms in total. The van der Waals surface area contributed by atoms with Gasteiger partial charge in [-0.25, -0.2) is 0 Å². The first-order chi connectivity index (χ1) is 13.3. The van der Waals surface area contributed by atoms with E-state index in [-0.39, 0.29) is 6.79 Å². The fraction of sp³-hybridized carbons (Fsp3) is 0.0435. The van der Waals surface area contributed by atoms with Gasteiger partial charge in [0.1, 0.15) is 24.1 Å². The van der Waals surface area contributed by atoms with Gasteiger partial charge in [0.2, 0.25) is 6.79 Å². The zero-order valence-corrected chi connectivity index (χ0v) is 14.3. The molecular formula is C23H14O4. The third kappa shape index (κ3) is 2.38. The molecule has 0 N–H and O–H groups in total. The first-order valence-corrected chi connectivity index (χ1v) is 8.58. The van der Waals surface area contributed by atoms with Crippen LogP contribution in [0.4, 0.5) is 0 Å². The molecule has 0 amide bonds. The van der Waals surface area contributed by atoms with Crippen LogP contribution in [0.1, 0.15) is 20.7 Å². The summed E-state index contributed by atoms with van der Waals surface area (Å²) in [5.74, 6) is 1.46. The highest BCUT2D eigenvalue weighted by molar-refractivity contribution is 6.11. The van der Waals surface area contributed by atoms with Crippen LogP contribution in [0.3, 0.4) is 0 Å². The summed E-state index contributed by atoms with van der Waals surface area (Å²) in [6.45, 7) is 0.121. The lowest BCUT2D eigenvalue weighted by atomic mass is 9.91. The highest BCUT2D eigenvalue weighted by atomic mass is 16.7. The predicted molar refractivity (Wildman–Crippen MR) is 104 cm³/mol. The Labute approximate surface area is 154 Å². The molecule has 4 aromatic carbocycles. The van der Waals surface area contributed by atoms with Gasteiger partial charge in [0.05, 0.1) is 0 Å². The molecular weight excluding hydrogens is 340 g/mol. The zero-order chi connectivity index (χ0) is 18.4. The molecule has 27 heavy (non-hydrogen) atoms. The fourth-order valence-electron chi connectivity index (χ4n) is 3.72. The number of hydrogen-bond donors (Lipinski definition) is 0. The maximum atomic E-state index is 11.2. The molecule has 0 saturated carbocycles. The summed E-state index contributed by atoms with van der Waals surface area (Å²) < 4.78 is 11.7. The van der Waals surface area contributed by atoms with Crippen molar-refractivity contribution < 1.29 is 19.1 Å². The average Bonchev–Trinajstić information content (AvgIpc) is 2.92. The Bertz CT molecular complexity index is 1140. The number of aldehydes is 2. The Morgan fingerprint density at radius 3 is 1.56 bits per heavy atom. The van der Waals surface area contributed by atoms with Crippen LogP contribution in [-0.2, 0) is 0 Å². The third-order valence-electron chi connectivity index (χ3n) is 4.96. The molecule has 0 radical (unpaired) electrons. The summed E-state index contributed by atoms with van der Waals surface area (Å²) in [6.07, 6.45) is 1.68. The number of carbonyl (C=O) groups excluding carboxylic acids is 2. The van der Waals surface area contributed by atoms with Crippen LogP contribution in [0.25, 0.3) is 32.7 Å². The summed E-state index contributed by atoms with van der Waals surface area (Å²) in [5, 5.41) is 3.88. The minimum Gasteiger partial charge on any atom is -0.457 e. The van der Waals surface area contributed by atoms with Crippen molar-refractivity contribution in [3.05, 3.63) is 71.8 Å². The second-order valence-corrected chi connectivity index (χ2v) is 6.48. The highest BCUT2D eigenvalue weighted by Gasteiger charge is 2.22. The number of rotatable bonds is 2. The second kappa shape index (κ2) is 5.95. The van der Waals surface area contributed by atoms with Gasteiger partial charge >= 0.3 is 0 Å². The van der Waals surface area contributed by atoms with Crippen molar-refractivity contribution >= 4 is 34.1 Å². The van der Waals surface area contributed by atoms with Crippen molar-refractivity contribution in [1.29, 1.82) is 0 Å². The lowest BCUT2D eigenvalue weighted by molar-refractivity contribution is 0.111. The summed E-state index contributed by atoms with van der Waals surface area (Å²) >= 11 is 0. The van der Waals surface area contributed by atoms with Crippen LogP contribution >= 0.6 is 0 Å². The lowest BCUT2D eigenvalue weighted by Gasteiger charge is -2.14. The molecule has 0 bridgehead atoms.